The second-order valence-corrected chi connectivity index (χ2v) is 9.49. The molecule has 1 aromatic rings. The molecule has 2 fully saturated rings. The molecule has 0 amide bonds. The van der Waals surface area contributed by atoms with Crippen LogP contribution in [0, 0.1) is 5.92 Å². The SMILES string of the molecule is CN=C(NCc1ccc(S(=O)(=O)NCC2CCCO2)cc1)N1CCCC(C)C1.I. The van der Waals surface area contributed by atoms with Crippen LogP contribution in [0.3, 0.4) is 0 Å². The molecule has 2 atom stereocenters. The number of hydrogen-bond donors (Lipinski definition) is 2. The smallest absolute Gasteiger partial charge is 0.240 e. The number of ether oxygens (including phenoxy) is 1. The van der Waals surface area contributed by atoms with E-state index in [0.717, 1.165) is 37.5 Å². The van der Waals surface area contributed by atoms with Crippen LogP contribution in [0.15, 0.2) is 34.2 Å². The highest BCUT2D eigenvalue weighted by Crippen LogP contribution is 2.16. The Labute approximate surface area is 191 Å². The summed E-state index contributed by atoms with van der Waals surface area (Å²) in [5.74, 6) is 1.58. The van der Waals surface area contributed by atoms with Crippen LogP contribution in [0.5, 0.6) is 0 Å². The summed E-state index contributed by atoms with van der Waals surface area (Å²) in [6, 6.07) is 7.00. The molecule has 2 aliphatic rings. The van der Waals surface area contributed by atoms with Crippen LogP contribution in [0.1, 0.15) is 38.2 Å². The first kappa shape index (κ1) is 24.4. The molecule has 29 heavy (non-hydrogen) atoms. The quantitative estimate of drug-likeness (QED) is 0.332. The molecule has 1 aromatic carbocycles. The van der Waals surface area contributed by atoms with Gasteiger partial charge in [0.1, 0.15) is 0 Å². The van der Waals surface area contributed by atoms with E-state index in [2.05, 4.69) is 26.9 Å². The second kappa shape index (κ2) is 11.5. The van der Waals surface area contributed by atoms with Crippen LogP contribution >= 0.6 is 24.0 Å². The van der Waals surface area contributed by atoms with Crippen LogP contribution in [-0.4, -0.2) is 58.7 Å². The summed E-state index contributed by atoms with van der Waals surface area (Å²) in [5.41, 5.74) is 1.02. The minimum atomic E-state index is -3.51. The largest absolute Gasteiger partial charge is 0.377 e. The molecular formula is C20H33IN4O3S. The Bertz CT molecular complexity index is 764. The van der Waals surface area contributed by atoms with E-state index in [1.54, 1.807) is 19.2 Å². The van der Waals surface area contributed by atoms with Crippen molar-refractivity contribution in [2.45, 2.75) is 50.2 Å². The minimum absolute atomic E-state index is 0. The van der Waals surface area contributed by atoms with Gasteiger partial charge in [-0.1, -0.05) is 19.1 Å². The van der Waals surface area contributed by atoms with E-state index >= 15 is 0 Å². The molecule has 164 valence electrons. The summed E-state index contributed by atoms with van der Waals surface area (Å²) >= 11 is 0. The van der Waals surface area contributed by atoms with Crippen molar-refractivity contribution < 1.29 is 13.2 Å². The van der Waals surface area contributed by atoms with Crippen molar-refractivity contribution in [1.82, 2.24) is 14.9 Å². The third-order valence-electron chi connectivity index (χ3n) is 5.38. The van der Waals surface area contributed by atoms with Gasteiger partial charge in [0.2, 0.25) is 10.0 Å². The molecule has 0 saturated carbocycles. The fourth-order valence-electron chi connectivity index (χ4n) is 3.77. The Hall–Kier alpha value is -0.910. The molecule has 3 rings (SSSR count). The van der Waals surface area contributed by atoms with Gasteiger partial charge in [-0.25, -0.2) is 13.1 Å². The zero-order valence-electron chi connectivity index (χ0n) is 17.3. The van der Waals surface area contributed by atoms with Gasteiger partial charge < -0.3 is 15.0 Å². The van der Waals surface area contributed by atoms with Crippen molar-refractivity contribution in [2.24, 2.45) is 10.9 Å². The third kappa shape index (κ3) is 7.08. The summed E-state index contributed by atoms with van der Waals surface area (Å²) in [4.78, 5) is 6.97. The molecule has 0 radical (unpaired) electrons. The van der Waals surface area contributed by atoms with E-state index in [1.807, 2.05) is 12.1 Å². The number of piperidine rings is 1. The Morgan fingerprint density at radius 1 is 1.24 bits per heavy atom. The van der Waals surface area contributed by atoms with Gasteiger partial charge in [-0.15, -0.1) is 24.0 Å². The molecule has 0 aliphatic carbocycles. The normalized spacial score (nSPS) is 23.0. The summed E-state index contributed by atoms with van der Waals surface area (Å²) < 4.78 is 33.0. The molecule has 2 aliphatic heterocycles. The van der Waals surface area contributed by atoms with Crippen molar-refractivity contribution >= 4 is 40.0 Å². The third-order valence-corrected chi connectivity index (χ3v) is 6.82. The minimum Gasteiger partial charge on any atom is -0.377 e. The number of likely N-dealkylation sites (tertiary alicyclic amines) is 1. The predicted molar refractivity (Wildman–Crippen MR) is 126 cm³/mol. The number of nitrogens with zero attached hydrogens (tertiary/aromatic N) is 2. The summed E-state index contributed by atoms with van der Waals surface area (Å²) in [7, 11) is -1.70. The maximum absolute atomic E-state index is 12.4. The first-order valence-corrected chi connectivity index (χ1v) is 11.6. The molecule has 2 heterocycles. The van der Waals surface area contributed by atoms with Gasteiger partial charge in [-0.2, -0.15) is 0 Å². The number of sulfonamides is 1. The molecule has 7 nitrogen and oxygen atoms in total. The Morgan fingerprint density at radius 2 is 2.00 bits per heavy atom. The van der Waals surface area contributed by atoms with Crippen LogP contribution in [0.4, 0.5) is 0 Å². The zero-order valence-corrected chi connectivity index (χ0v) is 20.4. The fourth-order valence-corrected chi connectivity index (χ4v) is 4.84. The molecule has 0 spiro atoms. The fraction of sp³-hybridized carbons (Fsp3) is 0.650. The highest BCUT2D eigenvalue weighted by atomic mass is 127. The van der Waals surface area contributed by atoms with Crippen LogP contribution in [-0.2, 0) is 21.3 Å². The zero-order chi connectivity index (χ0) is 20.0. The number of guanidine groups is 1. The first-order chi connectivity index (χ1) is 13.5. The van der Waals surface area contributed by atoms with Gasteiger partial charge in [0.05, 0.1) is 11.0 Å². The van der Waals surface area contributed by atoms with E-state index in [-0.39, 0.29) is 35.0 Å². The highest BCUT2D eigenvalue weighted by Gasteiger charge is 2.21. The lowest BCUT2D eigenvalue weighted by Gasteiger charge is -2.33. The Balaban J connectivity index is 0.00000300. The van der Waals surface area contributed by atoms with Gasteiger partial charge in [0.25, 0.3) is 0 Å². The van der Waals surface area contributed by atoms with Crippen molar-refractivity contribution in [3.05, 3.63) is 29.8 Å². The first-order valence-electron chi connectivity index (χ1n) is 10.1. The molecule has 2 unspecified atom stereocenters. The lowest BCUT2D eigenvalue weighted by atomic mass is 10.0. The van der Waals surface area contributed by atoms with Crippen molar-refractivity contribution in [1.29, 1.82) is 0 Å². The maximum atomic E-state index is 12.4. The van der Waals surface area contributed by atoms with E-state index in [0.29, 0.717) is 25.6 Å². The molecule has 2 N–H and O–H groups in total. The van der Waals surface area contributed by atoms with Gasteiger partial charge >= 0.3 is 0 Å². The summed E-state index contributed by atoms with van der Waals surface area (Å²) in [6.45, 7) is 5.97. The van der Waals surface area contributed by atoms with Gasteiger partial charge in [-0.3, -0.25) is 4.99 Å². The van der Waals surface area contributed by atoms with Gasteiger partial charge in [-0.05, 0) is 49.3 Å². The Morgan fingerprint density at radius 3 is 2.62 bits per heavy atom. The molecule has 0 aromatic heterocycles. The topological polar surface area (TPSA) is 83.0 Å². The number of benzene rings is 1. The van der Waals surface area contributed by atoms with E-state index in [4.69, 9.17) is 4.74 Å². The maximum Gasteiger partial charge on any atom is 0.240 e. The lowest BCUT2D eigenvalue weighted by molar-refractivity contribution is 0.114. The molecule has 9 heteroatoms. The van der Waals surface area contributed by atoms with E-state index < -0.39 is 10.0 Å². The van der Waals surface area contributed by atoms with Gasteiger partial charge in [0, 0.05) is 39.8 Å². The Kier molecular flexibility index (Phi) is 9.64. The van der Waals surface area contributed by atoms with Crippen LogP contribution in [0.2, 0.25) is 0 Å². The highest BCUT2D eigenvalue weighted by molar-refractivity contribution is 14.0. The number of hydrogen-bond acceptors (Lipinski definition) is 4. The number of rotatable bonds is 6. The molecule has 2 saturated heterocycles. The van der Waals surface area contributed by atoms with Crippen molar-refractivity contribution in [3.63, 3.8) is 0 Å². The lowest BCUT2D eigenvalue weighted by Crippen LogP contribution is -2.45. The molecular weight excluding hydrogens is 503 g/mol. The number of nitrogens with one attached hydrogen (secondary N) is 2. The summed E-state index contributed by atoms with van der Waals surface area (Å²) in [6.07, 6.45) is 4.34. The number of halogens is 1. The average Bonchev–Trinajstić information content (AvgIpc) is 3.21. The standard InChI is InChI=1S/C20H32N4O3S.HI/c1-16-5-3-11-24(15-16)20(21-2)22-13-17-7-9-19(10-8-17)28(25,26)23-14-18-6-4-12-27-18;/h7-10,16,18,23H,3-6,11-15H2,1-2H3,(H,21,22);1H. The molecule has 0 bridgehead atoms. The van der Waals surface area contributed by atoms with Crippen molar-refractivity contribution in [3.8, 4) is 0 Å². The average molecular weight is 536 g/mol. The van der Waals surface area contributed by atoms with Crippen LogP contribution < -0.4 is 10.0 Å². The van der Waals surface area contributed by atoms with Crippen molar-refractivity contribution in [2.75, 3.05) is 33.3 Å². The predicted octanol–water partition coefficient (Wildman–Crippen LogP) is 2.57. The van der Waals surface area contributed by atoms with Gasteiger partial charge in [0.15, 0.2) is 5.96 Å². The summed E-state index contributed by atoms with van der Waals surface area (Å²) in [5, 5.41) is 3.39. The number of aliphatic imine (C=N–C) groups is 1. The van der Waals surface area contributed by atoms with E-state index in [1.165, 1.54) is 12.8 Å². The van der Waals surface area contributed by atoms with Crippen LogP contribution in [0.25, 0.3) is 0 Å². The monoisotopic (exact) mass is 536 g/mol. The second-order valence-electron chi connectivity index (χ2n) is 7.73. The van der Waals surface area contributed by atoms with E-state index in [9.17, 15) is 8.42 Å².